The summed E-state index contributed by atoms with van der Waals surface area (Å²) in [5.41, 5.74) is 5.42. The van der Waals surface area contributed by atoms with Crippen LogP contribution in [0.15, 0.2) is 0 Å². The second-order valence-corrected chi connectivity index (χ2v) is 30.2. The van der Waals surface area contributed by atoms with Crippen molar-refractivity contribution < 1.29 is 37.6 Å². The first kappa shape index (κ1) is 90.0. The van der Waals surface area contributed by atoms with Crippen LogP contribution in [0.25, 0.3) is 0 Å². The van der Waals surface area contributed by atoms with Gasteiger partial charge in [0.15, 0.2) is 6.10 Å². The molecular weight excluding hydrogens is 1150 g/mol. The van der Waals surface area contributed by atoms with Gasteiger partial charge in [-0.15, -0.1) is 0 Å². The van der Waals surface area contributed by atoms with Crippen LogP contribution in [0.1, 0.15) is 476 Å². The number of carbonyl (C=O) groups excluding carboxylic acids is 2. The minimum atomic E-state index is -4.39. The van der Waals surface area contributed by atoms with Crippen molar-refractivity contribution in [2.45, 2.75) is 482 Å². The summed E-state index contributed by atoms with van der Waals surface area (Å²) in [4.78, 5) is 35.5. The van der Waals surface area contributed by atoms with Crippen LogP contribution in [0.2, 0.25) is 0 Å². The van der Waals surface area contributed by atoms with Gasteiger partial charge in [0.25, 0.3) is 0 Å². The Labute approximate surface area is 568 Å². The van der Waals surface area contributed by atoms with Gasteiger partial charge in [0, 0.05) is 19.4 Å². The first-order valence-electron chi connectivity index (χ1n) is 41.5. The quantitative estimate of drug-likeness (QED) is 0.0347. The number of phosphoric acid groups is 1. The van der Waals surface area contributed by atoms with Gasteiger partial charge in [-0.25, -0.2) is 4.57 Å². The van der Waals surface area contributed by atoms with Crippen LogP contribution < -0.4 is 5.73 Å². The third-order valence-electron chi connectivity index (χ3n) is 19.5. The molecule has 544 valence electrons. The molecule has 0 rings (SSSR count). The Hall–Kier alpha value is -0.990. The molecule has 0 radical (unpaired) electrons. The van der Waals surface area contributed by atoms with Gasteiger partial charge in [0.2, 0.25) is 0 Å². The average molecular weight is 1310 g/mol. The van der Waals surface area contributed by atoms with Crippen molar-refractivity contribution >= 4 is 19.8 Å². The van der Waals surface area contributed by atoms with Gasteiger partial charge in [0.1, 0.15) is 6.61 Å². The third-order valence-corrected chi connectivity index (χ3v) is 20.5. The number of rotatable bonds is 81. The van der Waals surface area contributed by atoms with Crippen molar-refractivity contribution in [3.63, 3.8) is 0 Å². The van der Waals surface area contributed by atoms with Crippen molar-refractivity contribution in [3.8, 4) is 0 Å². The van der Waals surface area contributed by atoms with Gasteiger partial charge in [0.05, 0.1) is 13.2 Å². The average Bonchev–Trinajstić information content (AvgIpc) is 3.74. The minimum Gasteiger partial charge on any atom is -0.462 e. The molecule has 0 aromatic rings. The van der Waals surface area contributed by atoms with E-state index in [0.717, 1.165) is 32.1 Å². The van der Waals surface area contributed by atoms with Gasteiger partial charge in [-0.2, -0.15) is 0 Å². The largest absolute Gasteiger partial charge is 0.472 e. The normalized spacial score (nSPS) is 12.7. The lowest BCUT2D eigenvalue weighted by Gasteiger charge is -2.19. The highest BCUT2D eigenvalue weighted by Gasteiger charge is 2.26. The molecule has 10 heteroatoms. The summed E-state index contributed by atoms with van der Waals surface area (Å²) in [6.07, 6.45) is 95.6. The van der Waals surface area contributed by atoms with E-state index in [1.165, 1.54) is 411 Å². The van der Waals surface area contributed by atoms with Crippen molar-refractivity contribution in [2.24, 2.45) is 5.73 Å². The van der Waals surface area contributed by atoms with Crippen molar-refractivity contribution in [1.82, 2.24) is 0 Å². The second-order valence-electron chi connectivity index (χ2n) is 28.7. The van der Waals surface area contributed by atoms with Crippen LogP contribution in [-0.2, 0) is 32.7 Å². The second kappa shape index (κ2) is 78.0. The molecule has 0 amide bonds. The standard InChI is InChI=1S/C81H162NO8P/c1-3-5-7-9-11-13-15-17-19-21-23-25-27-29-31-33-35-37-39-41-43-45-47-49-51-53-55-57-59-61-63-65-67-69-71-73-80(83)87-77-79(78-89-91(85,86)88-76-75-82)90-81(84)74-72-70-68-66-64-62-60-58-56-54-52-50-48-46-44-42-40-38-36-34-32-30-28-26-24-22-20-18-16-14-12-10-8-6-4-2/h79H,3-78,82H2,1-2H3,(H,85,86). The lowest BCUT2D eigenvalue weighted by Crippen LogP contribution is -2.29. The van der Waals surface area contributed by atoms with Crippen LogP contribution >= 0.6 is 7.82 Å². The maximum atomic E-state index is 12.8. The van der Waals surface area contributed by atoms with E-state index in [1.54, 1.807) is 0 Å². The number of nitrogens with two attached hydrogens (primary N) is 1. The Balaban J connectivity index is 3.71. The predicted octanol–water partition coefficient (Wildman–Crippen LogP) is 27.7. The van der Waals surface area contributed by atoms with Crippen molar-refractivity contribution in [1.29, 1.82) is 0 Å². The van der Waals surface area contributed by atoms with E-state index in [4.69, 9.17) is 24.3 Å². The number of unbranched alkanes of at least 4 members (excludes halogenated alkanes) is 68. The summed E-state index contributed by atoms with van der Waals surface area (Å²) in [7, 11) is -4.39. The van der Waals surface area contributed by atoms with Crippen LogP contribution in [0, 0.1) is 0 Å². The summed E-state index contributed by atoms with van der Waals surface area (Å²) < 4.78 is 33.3. The summed E-state index contributed by atoms with van der Waals surface area (Å²) in [5.74, 6) is -0.793. The van der Waals surface area contributed by atoms with Gasteiger partial charge in [-0.3, -0.25) is 18.6 Å². The van der Waals surface area contributed by atoms with Crippen LogP contribution in [-0.4, -0.2) is 49.3 Å². The number of esters is 2. The van der Waals surface area contributed by atoms with E-state index in [-0.39, 0.29) is 32.1 Å². The topological polar surface area (TPSA) is 134 Å². The highest BCUT2D eigenvalue weighted by atomic mass is 31.2. The zero-order chi connectivity index (χ0) is 65.8. The minimum absolute atomic E-state index is 0.0590. The summed E-state index contributed by atoms with van der Waals surface area (Å²) >= 11 is 0. The van der Waals surface area contributed by atoms with Crippen LogP contribution in [0.4, 0.5) is 0 Å². The SMILES string of the molecule is CCCCCCCCCCCCCCCCCCCCCCCCCCCCCCCCCCCCCC(=O)OCC(COP(=O)(O)OCCN)OC(=O)CCCCCCCCCCCCCCCCCCCCCCCCCCCCCCCCCCCCC. The number of hydrogen-bond donors (Lipinski definition) is 2. The highest BCUT2D eigenvalue weighted by molar-refractivity contribution is 7.47. The molecule has 0 aromatic heterocycles. The van der Waals surface area contributed by atoms with Crippen LogP contribution in [0.5, 0.6) is 0 Å². The molecule has 0 saturated carbocycles. The molecule has 91 heavy (non-hydrogen) atoms. The summed E-state index contributed by atoms with van der Waals surface area (Å²) in [6, 6.07) is 0. The number of phosphoric ester groups is 1. The molecule has 0 fully saturated rings. The lowest BCUT2D eigenvalue weighted by atomic mass is 10.0. The van der Waals surface area contributed by atoms with Gasteiger partial charge in [-0.05, 0) is 12.8 Å². The molecule has 9 nitrogen and oxygen atoms in total. The molecule has 0 aliphatic rings. The van der Waals surface area contributed by atoms with Crippen molar-refractivity contribution in [3.05, 3.63) is 0 Å². The smallest absolute Gasteiger partial charge is 0.462 e. The highest BCUT2D eigenvalue weighted by Crippen LogP contribution is 2.43. The predicted molar refractivity (Wildman–Crippen MR) is 395 cm³/mol. The van der Waals surface area contributed by atoms with E-state index >= 15 is 0 Å². The van der Waals surface area contributed by atoms with E-state index in [0.29, 0.717) is 12.8 Å². The number of carbonyl (C=O) groups is 2. The van der Waals surface area contributed by atoms with Gasteiger partial charge in [-0.1, -0.05) is 450 Å². The van der Waals surface area contributed by atoms with E-state index in [1.807, 2.05) is 0 Å². The third kappa shape index (κ3) is 77.9. The Morgan fingerprint density at radius 1 is 0.286 bits per heavy atom. The van der Waals surface area contributed by atoms with Gasteiger partial charge >= 0.3 is 19.8 Å². The Kier molecular flexibility index (Phi) is 77.2. The maximum absolute atomic E-state index is 12.8. The molecule has 0 bridgehead atoms. The molecule has 0 aliphatic carbocycles. The zero-order valence-electron chi connectivity index (χ0n) is 61.6. The molecule has 3 N–H and O–H groups in total. The monoisotopic (exact) mass is 1310 g/mol. The Morgan fingerprint density at radius 3 is 0.670 bits per heavy atom. The fourth-order valence-electron chi connectivity index (χ4n) is 13.4. The molecular formula is C81H162NO8P. The lowest BCUT2D eigenvalue weighted by molar-refractivity contribution is -0.161. The zero-order valence-corrected chi connectivity index (χ0v) is 62.5. The first-order valence-corrected chi connectivity index (χ1v) is 43.0. The molecule has 0 aliphatic heterocycles. The van der Waals surface area contributed by atoms with E-state index < -0.39 is 26.5 Å². The summed E-state index contributed by atoms with van der Waals surface area (Å²) in [6.45, 7) is 3.86. The Morgan fingerprint density at radius 2 is 0.473 bits per heavy atom. The molecule has 0 aromatic carbocycles. The fourth-order valence-corrected chi connectivity index (χ4v) is 14.1. The Bertz CT molecular complexity index is 1450. The van der Waals surface area contributed by atoms with Crippen molar-refractivity contribution in [2.75, 3.05) is 26.4 Å². The molecule has 0 heterocycles. The summed E-state index contributed by atoms with van der Waals surface area (Å²) in [5, 5.41) is 0. The van der Waals surface area contributed by atoms with Crippen LogP contribution in [0.3, 0.4) is 0 Å². The van der Waals surface area contributed by atoms with E-state index in [2.05, 4.69) is 13.8 Å². The number of hydrogen-bond acceptors (Lipinski definition) is 8. The fraction of sp³-hybridized carbons (Fsp3) is 0.975. The maximum Gasteiger partial charge on any atom is 0.472 e. The first-order chi connectivity index (χ1) is 44.8. The molecule has 2 atom stereocenters. The molecule has 0 saturated heterocycles. The number of ether oxygens (including phenoxy) is 2. The molecule has 0 spiro atoms. The van der Waals surface area contributed by atoms with Gasteiger partial charge < -0.3 is 20.1 Å². The molecule has 2 unspecified atom stereocenters. The van der Waals surface area contributed by atoms with E-state index in [9.17, 15) is 19.0 Å².